The molecule has 1 saturated heterocycles. The van der Waals surface area contributed by atoms with Crippen LogP contribution in [-0.2, 0) is 42.9 Å². The lowest BCUT2D eigenvalue weighted by Gasteiger charge is -2.45. The summed E-state index contributed by atoms with van der Waals surface area (Å²) in [6.45, 7) is 5.22. The predicted octanol–water partition coefficient (Wildman–Crippen LogP) is 4.46. The Balaban J connectivity index is 2.91. The van der Waals surface area contributed by atoms with Gasteiger partial charge < -0.3 is 39.0 Å². The molecule has 0 spiro atoms. The van der Waals surface area contributed by atoms with E-state index in [2.05, 4.69) is 6.92 Å². The Morgan fingerprint density at radius 1 is 0.609 bits per heavy atom. The Labute approximate surface area is 274 Å². The summed E-state index contributed by atoms with van der Waals surface area (Å²) >= 11 is 0. The molecule has 268 valence electrons. The molecule has 1 aliphatic rings. The van der Waals surface area contributed by atoms with Crippen molar-refractivity contribution < 1.29 is 58.2 Å². The lowest BCUT2D eigenvalue weighted by molar-refractivity contribution is -0.258. The summed E-state index contributed by atoms with van der Waals surface area (Å²) in [5.74, 6) is -2.59. The molecule has 0 aromatic heterocycles. The van der Waals surface area contributed by atoms with Gasteiger partial charge in [-0.25, -0.2) is 0 Å². The van der Waals surface area contributed by atoms with Gasteiger partial charge in [0.15, 0.2) is 18.3 Å². The maximum Gasteiger partial charge on any atom is 0.306 e. The molecule has 0 saturated carbocycles. The molecule has 1 fully saturated rings. The fourth-order valence-corrected chi connectivity index (χ4v) is 5.55. The molecular formula is C34H60O12. The number of ether oxygens (including phenoxy) is 5. The van der Waals surface area contributed by atoms with Gasteiger partial charge in [-0.05, 0) is 12.8 Å². The molecule has 0 aliphatic carbocycles. The summed E-state index contributed by atoms with van der Waals surface area (Å²) in [4.78, 5) is 49.5. The number of carbonyl (C=O) groups excluding carboxylic acids is 4. The molecule has 7 atom stereocenters. The Hall–Kier alpha value is -2.28. The maximum atomic E-state index is 13.1. The molecule has 0 aromatic rings. The quantitative estimate of drug-likeness (QED) is 0.0714. The number of hydrogen-bond acceptors (Lipinski definition) is 12. The number of unbranched alkanes of at least 4 members (excludes halogenated alkanes) is 12. The van der Waals surface area contributed by atoms with Crippen molar-refractivity contribution in [2.75, 3.05) is 13.2 Å². The highest BCUT2D eigenvalue weighted by Crippen LogP contribution is 2.32. The Morgan fingerprint density at radius 2 is 1.11 bits per heavy atom. The second kappa shape index (κ2) is 24.8. The predicted molar refractivity (Wildman–Crippen MR) is 170 cm³/mol. The van der Waals surface area contributed by atoms with Crippen LogP contribution in [0.2, 0.25) is 0 Å². The first kappa shape index (κ1) is 41.7. The zero-order chi connectivity index (χ0) is 34.3. The van der Waals surface area contributed by atoms with Crippen molar-refractivity contribution in [1.29, 1.82) is 0 Å². The van der Waals surface area contributed by atoms with Crippen LogP contribution in [0.4, 0.5) is 0 Å². The van der Waals surface area contributed by atoms with Crippen LogP contribution in [-0.4, -0.2) is 95.1 Å². The minimum atomic E-state index is -1.52. The van der Waals surface area contributed by atoms with Crippen molar-refractivity contribution in [3.05, 3.63) is 0 Å². The normalized spacial score (nSPS) is 22.5. The van der Waals surface area contributed by atoms with E-state index in [0.717, 1.165) is 32.6 Å². The zero-order valence-corrected chi connectivity index (χ0v) is 28.5. The van der Waals surface area contributed by atoms with Gasteiger partial charge in [0.05, 0.1) is 12.7 Å². The number of hydrogen-bond donors (Lipinski definition) is 3. The molecule has 0 aromatic carbocycles. The van der Waals surface area contributed by atoms with Crippen molar-refractivity contribution in [3.8, 4) is 0 Å². The van der Waals surface area contributed by atoms with Crippen molar-refractivity contribution in [3.63, 3.8) is 0 Å². The van der Waals surface area contributed by atoms with Crippen LogP contribution in [0, 0.1) is 0 Å². The highest BCUT2D eigenvalue weighted by molar-refractivity contribution is 5.71. The number of aliphatic hydroxyl groups is 3. The third kappa shape index (κ3) is 17.6. The molecule has 0 bridgehead atoms. The third-order valence-corrected chi connectivity index (χ3v) is 8.06. The van der Waals surface area contributed by atoms with E-state index >= 15 is 0 Å². The Kier molecular flexibility index (Phi) is 22.5. The van der Waals surface area contributed by atoms with Crippen molar-refractivity contribution in [2.24, 2.45) is 0 Å². The van der Waals surface area contributed by atoms with Crippen LogP contribution in [0.25, 0.3) is 0 Å². The van der Waals surface area contributed by atoms with Gasteiger partial charge >= 0.3 is 23.9 Å². The molecule has 12 heteroatoms. The minimum absolute atomic E-state index is 0.0414. The molecule has 46 heavy (non-hydrogen) atoms. The fraction of sp³-hybridized carbons (Fsp3) is 0.882. The SMILES string of the molecule is CCCCCCCCCCCCCCCC(=O)O[C@@H]1[C@H](OC(=O)CCC)[C@H](C[C@H](O)[C@H](O)CO)O[C@H](COC(C)=O)[C@H]1OC(C)=O. The average Bonchev–Trinajstić information content (AvgIpc) is 3.00. The summed E-state index contributed by atoms with van der Waals surface area (Å²) in [6, 6.07) is 0. The Morgan fingerprint density at radius 3 is 1.61 bits per heavy atom. The molecule has 3 N–H and O–H groups in total. The molecule has 0 amide bonds. The standard InChI is InChI=1S/C34H60O12/c1-5-7-8-9-10-11-12-13-14-15-16-17-18-20-31(41)46-34-32(45-30(40)19-6-2)28(21-26(38)27(39)22-35)44-29(23-42-24(3)36)33(34)43-25(4)37/h26-29,32-35,38-39H,5-23H2,1-4H3/t26-,27+,28-,29+,32+,33+,34+/m0/s1. The second-order valence-electron chi connectivity index (χ2n) is 12.3. The molecule has 12 nitrogen and oxygen atoms in total. The van der Waals surface area contributed by atoms with Gasteiger partial charge in [-0.2, -0.15) is 0 Å². The summed E-state index contributed by atoms with van der Waals surface area (Å²) in [7, 11) is 0. The van der Waals surface area contributed by atoms with Crippen molar-refractivity contribution in [2.45, 2.75) is 180 Å². The van der Waals surface area contributed by atoms with Crippen LogP contribution < -0.4 is 0 Å². The van der Waals surface area contributed by atoms with Crippen LogP contribution in [0.1, 0.15) is 137 Å². The largest absolute Gasteiger partial charge is 0.463 e. The van der Waals surface area contributed by atoms with Crippen molar-refractivity contribution >= 4 is 23.9 Å². The first-order chi connectivity index (χ1) is 22.0. The average molecular weight is 661 g/mol. The number of aliphatic hydroxyl groups excluding tert-OH is 3. The van der Waals surface area contributed by atoms with Gasteiger partial charge in [0, 0.05) is 33.1 Å². The van der Waals surface area contributed by atoms with Crippen LogP contribution in [0.15, 0.2) is 0 Å². The smallest absolute Gasteiger partial charge is 0.306 e. The zero-order valence-electron chi connectivity index (χ0n) is 28.5. The van der Waals surface area contributed by atoms with E-state index in [1.165, 1.54) is 58.3 Å². The maximum absolute atomic E-state index is 13.1. The fourth-order valence-electron chi connectivity index (χ4n) is 5.55. The lowest BCUT2D eigenvalue weighted by Crippen LogP contribution is -2.63. The van der Waals surface area contributed by atoms with E-state index in [-0.39, 0.29) is 25.9 Å². The van der Waals surface area contributed by atoms with Gasteiger partial charge in [0.2, 0.25) is 0 Å². The summed E-state index contributed by atoms with van der Waals surface area (Å²) in [6.07, 6.45) is 5.93. The molecule has 1 rings (SSSR count). The van der Waals surface area contributed by atoms with Crippen LogP contribution in [0.5, 0.6) is 0 Å². The van der Waals surface area contributed by atoms with Crippen LogP contribution >= 0.6 is 0 Å². The highest BCUT2D eigenvalue weighted by Gasteiger charge is 2.52. The van der Waals surface area contributed by atoms with E-state index in [4.69, 9.17) is 23.7 Å². The van der Waals surface area contributed by atoms with Gasteiger partial charge in [0.1, 0.15) is 24.9 Å². The summed E-state index contributed by atoms with van der Waals surface area (Å²) < 4.78 is 28.2. The van der Waals surface area contributed by atoms with Gasteiger partial charge in [-0.15, -0.1) is 0 Å². The number of rotatable bonds is 25. The molecule has 0 radical (unpaired) electrons. The minimum Gasteiger partial charge on any atom is -0.463 e. The molecule has 0 unspecified atom stereocenters. The van der Waals surface area contributed by atoms with E-state index in [0.29, 0.717) is 12.8 Å². The number of carbonyl (C=O) groups is 4. The number of esters is 4. The van der Waals surface area contributed by atoms with Gasteiger partial charge in [0.25, 0.3) is 0 Å². The first-order valence-corrected chi connectivity index (χ1v) is 17.4. The first-order valence-electron chi connectivity index (χ1n) is 17.4. The topological polar surface area (TPSA) is 175 Å². The summed E-state index contributed by atoms with van der Waals surface area (Å²) in [5.41, 5.74) is 0. The second-order valence-corrected chi connectivity index (χ2v) is 12.3. The molecule has 1 aliphatic heterocycles. The summed E-state index contributed by atoms with van der Waals surface area (Å²) in [5, 5.41) is 29.8. The molecule has 1 heterocycles. The Bertz CT molecular complexity index is 865. The lowest BCUT2D eigenvalue weighted by atomic mass is 9.90. The monoisotopic (exact) mass is 660 g/mol. The van der Waals surface area contributed by atoms with E-state index in [1.54, 1.807) is 6.92 Å². The van der Waals surface area contributed by atoms with E-state index in [1.807, 2.05) is 0 Å². The van der Waals surface area contributed by atoms with Gasteiger partial charge in [-0.3, -0.25) is 19.2 Å². The third-order valence-electron chi connectivity index (χ3n) is 8.06. The van der Waals surface area contributed by atoms with Crippen molar-refractivity contribution in [1.82, 2.24) is 0 Å². The molecular weight excluding hydrogens is 600 g/mol. The van der Waals surface area contributed by atoms with E-state index in [9.17, 15) is 34.5 Å². The van der Waals surface area contributed by atoms with Crippen LogP contribution in [0.3, 0.4) is 0 Å². The van der Waals surface area contributed by atoms with Gasteiger partial charge in [-0.1, -0.05) is 90.9 Å². The van der Waals surface area contributed by atoms with E-state index < -0.39 is 73.2 Å². The highest BCUT2D eigenvalue weighted by atomic mass is 16.7.